The average Bonchev–Trinajstić information content (AvgIpc) is 3.39. The van der Waals surface area contributed by atoms with Gasteiger partial charge in [0.05, 0.1) is 28.4 Å². The standard InChI is InChI=1S/C25H24O8S.Na.H/c1-29-19-13-20(33-14-24(27)28)17(23-6-5-9-34-23)10-15(19)7-8-18(26)16-11-21(30-2)25(32-4)22(12-16)31-3;;/h5-13H,14H2,1-4H3,(H,27,28);;/q;+1;-1. The van der Waals surface area contributed by atoms with E-state index < -0.39 is 12.6 Å². The van der Waals surface area contributed by atoms with Crippen LogP contribution in [0.15, 0.2) is 47.9 Å². The van der Waals surface area contributed by atoms with Gasteiger partial charge in [-0.2, -0.15) is 0 Å². The Morgan fingerprint density at radius 1 is 0.943 bits per heavy atom. The number of carbonyl (C=O) groups excluding carboxylic acids is 1. The number of thiophene rings is 1. The summed E-state index contributed by atoms with van der Waals surface area (Å²) in [5.41, 5.74) is 1.66. The maximum atomic E-state index is 12.9. The van der Waals surface area contributed by atoms with E-state index in [9.17, 15) is 9.59 Å². The first kappa shape index (κ1) is 28.3. The van der Waals surface area contributed by atoms with Crippen molar-refractivity contribution in [3.63, 3.8) is 0 Å². The number of carbonyl (C=O) groups is 2. The quantitative estimate of drug-likeness (QED) is 0.238. The number of methoxy groups -OCH3 is 4. The number of ether oxygens (including phenoxy) is 5. The molecule has 2 aromatic carbocycles. The molecule has 10 heteroatoms. The number of allylic oxidation sites excluding steroid dienone is 1. The van der Waals surface area contributed by atoms with Crippen molar-refractivity contribution >= 4 is 29.2 Å². The number of aliphatic carboxylic acids is 1. The minimum Gasteiger partial charge on any atom is -1.00 e. The second kappa shape index (κ2) is 13.2. The van der Waals surface area contributed by atoms with Crippen molar-refractivity contribution in [2.45, 2.75) is 0 Å². The molecule has 0 aliphatic heterocycles. The van der Waals surface area contributed by atoms with E-state index in [-0.39, 0.29) is 36.8 Å². The number of carboxylic acids is 1. The number of benzene rings is 2. The molecule has 3 aromatic rings. The van der Waals surface area contributed by atoms with Crippen molar-refractivity contribution in [2.24, 2.45) is 0 Å². The minimum absolute atomic E-state index is 0. The summed E-state index contributed by atoms with van der Waals surface area (Å²) in [6.07, 6.45) is 3.04. The topological polar surface area (TPSA) is 101 Å². The third-order valence-corrected chi connectivity index (χ3v) is 5.74. The van der Waals surface area contributed by atoms with Crippen LogP contribution < -0.4 is 53.2 Å². The van der Waals surface area contributed by atoms with Crippen LogP contribution in [0.5, 0.6) is 28.7 Å². The molecule has 0 amide bonds. The molecule has 0 aliphatic rings. The molecule has 180 valence electrons. The number of hydrogen-bond acceptors (Lipinski definition) is 8. The molecule has 0 radical (unpaired) electrons. The van der Waals surface area contributed by atoms with E-state index in [1.54, 1.807) is 30.3 Å². The van der Waals surface area contributed by atoms with E-state index >= 15 is 0 Å². The van der Waals surface area contributed by atoms with Gasteiger partial charge >= 0.3 is 35.5 Å². The number of ketones is 1. The zero-order valence-electron chi connectivity index (χ0n) is 21.1. The Labute approximate surface area is 230 Å². The van der Waals surface area contributed by atoms with Crippen molar-refractivity contribution in [1.82, 2.24) is 0 Å². The summed E-state index contributed by atoms with van der Waals surface area (Å²) in [6.45, 7) is -0.490. The maximum absolute atomic E-state index is 12.9. The Morgan fingerprint density at radius 3 is 2.11 bits per heavy atom. The van der Waals surface area contributed by atoms with Gasteiger partial charge in [-0.1, -0.05) is 6.07 Å². The third-order valence-electron chi connectivity index (χ3n) is 4.83. The summed E-state index contributed by atoms with van der Waals surface area (Å²) in [6, 6.07) is 10.3. The van der Waals surface area contributed by atoms with Crippen LogP contribution in [0.3, 0.4) is 0 Å². The number of carboxylic acid groups (broad SMARTS) is 1. The summed E-state index contributed by atoms with van der Waals surface area (Å²) in [5, 5.41) is 10.9. The fourth-order valence-electron chi connectivity index (χ4n) is 3.25. The Bertz CT molecular complexity index is 1190. The van der Waals surface area contributed by atoms with Crippen molar-refractivity contribution < 1.29 is 69.4 Å². The van der Waals surface area contributed by atoms with Crippen LogP contribution in [0.1, 0.15) is 17.3 Å². The van der Waals surface area contributed by atoms with Gasteiger partial charge in [-0.05, 0) is 41.8 Å². The van der Waals surface area contributed by atoms with Gasteiger partial charge in [0, 0.05) is 27.6 Å². The van der Waals surface area contributed by atoms with Gasteiger partial charge in [0.1, 0.15) is 11.5 Å². The van der Waals surface area contributed by atoms with E-state index in [2.05, 4.69) is 0 Å². The second-order valence-electron chi connectivity index (χ2n) is 6.86. The Morgan fingerprint density at radius 2 is 1.60 bits per heavy atom. The van der Waals surface area contributed by atoms with Crippen molar-refractivity contribution in [1.29, 1.82) is 0 Å². The molecular formula is C25H25NaO8S. The predicted molar refractivity (Wildman–Crippen MR) is 130 cm³/mol. The van der Waals surface area contributed by atoms with E-state index in [4.69, 9.17) is 28.8 Å². The van der Waals surface area contributed by atoms with Gasteiger partial charge in [0.15, 0.2) is 23.9 Å². The average molecular weight is 509 g/mol. The molecule has 35 heavy (non-hydrogen) atoms. The Hall–Kier alpha value is -2.98. The summed E-state index contributed by atoms with van der Waals surface area (Å²) in [5.74, 6) is 0.558. The van der Waals surface area contributed by atoms with Crippen molar-refractivity contribution in [2.75, 3.05) is 35.0 Å². The maximum Gasteiger partial charge on any atom is 1.00 e. The van der Waals surface area contributed by atoms with Gasteiger partial charge in [0.25, 0.3) is 0 Å². The summed E-state index contributed by atoms with van der Waals surface area (Å²) < 4.78 is 26.9. The van der Waals surface area contributed by atoms with Gasteiger partial charge in [-0.3, -0.25) is 4.79 Å². The molecule has 1 N–H and O–H groups in total. The smallest absolute Gasteiger partial charge is 1.00 e. The molecular weight excluding hydrogens is 483 g/mol. The van der Waals surface area contributed by atoms with Crippen LogP contribution in [0, 0.1) is 0 Å². The van der Waals surface area contributed by atoms with E-state index in [1.807, 2.05) is 17.5 Å². The van der Waals surface area contributed by atoms with Gasteiger partial charge < -0.3 is 30.2 Å². The van der Waals surface area contributed by atoms with Crippen LogP contribution in [-0.4, -0.2) is 51.9 Å². The predicted octanol–water partition coefficient (Wildman–Crippen LogP) is 1.93. The first-order valence-corrected chi connectivity index (χ1v) is 10.9. The molecule has 8 nitrogen and oxygen atoms in total. The molecule has 0 unspecified atom stereocenters. The fraction of sp³-hybridized carbons (Fsp3) is 0.200. The minimum atomic E-state index is -1.09. The molecule has 0 fully saturated rings. The molecule has 1 heterocycles. The molecule has 0 saturated heterocycles. The van der Waals surface area contributed by atoms with Crippen molar-refractivity contribution in [3.8, 4) is 39.2 Å². The van der Waals surface area contributed by atoms with Crippen LogP contribution in [0.25, 0.3) is 16.5 Å². The van der Waals surface area contributed by atoms with Crippen molar-refractivity contribution in [3.05, 3.63) is 59.0 Å². The zero-order valence-corrected chi connectivity index (χ0v) is 22.9. The van der Waals surface area contributed by atoms with Crippen LogP contribution >= 0.6 is 11.3 Å². The zero-order chi connectivity index (χ0) is 24.7. The SMILES string of the molecule is COc1cc(OCC(=O)O)c(-c2cccs2)cc1C=CC(=O)c1cc(OC)c(OC)c(OC)c1.[H-].[Na+]. The number of hydrogen-bond donors (Lipinski definition) is 1. The van der Waals surface area contributed by atoms with Crippen LogP contribution in [0.4, 0.5) is 0 Å². The van der Waals surface area contributed by atoms with E-state index in [0.717, 1.165) is 4.88 Å². The first-order valence-electron chi connectivity index (χ1n) is 10.0. The normalized spacial score (nSPS) is 10.4. The molecule has 0 spiro atoms. The molecule has 1 aromatic heterocycles. The molecule has 3 rings (SSSR count). The number of rotatable bonds is 11. The second-order valence-corrected chi connectivity index (χ2v) is 7.81. The monoisotopic (exact) mass is 508 g/mol. The third kappa shape index (κ3) is 6.79. The summed E-state index contributed by atoms with van der Waals surface area (Å²) in [7, 11) is 5.93. The summed E-state index contributed by atoms with van der Waals surface area (Å²) >= 11 is 1.48. The molecule has 0 atom stereocenters. The van der Waals surface area contributed by atoms with Gasteiger partial charge in [-0.15, -0.1) is 11.3 Å². The van der Waals surface area contributed by atoms with Gasteiger partial charge in [-0.25, -0.2) is 4.79 Å². The van der Waals surface area contributed by atoms with E-state index in [1.165, 1.54) is 45.9 Å². The molecule has 0 bridgehead atoms. The molecule has 0 saturated carbocycles. The van der Waals surface area contributed by atoms with E-state index in [0.29, 0.717) is 45.4 Å². The Kier molecular flexibility index (Phi) is 10.7. The largest absolute Gasteiger partial charge is 1.00 e. The first-order chi connectivity index (χ1) is 16.4. The molecule has 0 aliphatic carbocycles. The van der Waals surface area contributed by atoms with Crippen LogP contribution in [-0.2, 0) is 4.79 Å². The Balaban J connectivity index is 0.00000324. The fourth-order valence-corrected chi connectivity index (χ4v) is 4.00. The summed E-state index contributed by atoms with van der Waals surface area (Å²) in [4.78, 5) is 24.8. The van der Waals surface area contributed by atoms with Gasteiger partial charge in [0.2, 0.25) is 5.75 Å². The van der Waals surface area contributed by atoms with Crippen LogP contribution in [0.2, 0.25) is 0 Å².